The Morgan fingerprint density at radius 2 is 2.07 bits per heavy atom. The largest absolute Gasteiger partial charge is 0.530 e. The van der Waals surface area contributed by atoms with Crippen molar-refractivity contribution < 1.29 is 9.90 Å². The molecule has 0 aromatic heterocycles. The molecule has 6 nitrogen and oxygen atoms in total. The minimum Gasteiger partial charge on any atom is -0.530 e. The maximum absolute atomic E-state index is 10.8. The third kappa shape index (κ3) is 5.80. The van der Waals surface area contributed by atoms with E-state index in [0.29, 0.717) is 19.5 Å². The predicted molar refractivity (Wildman–Crippen MR) is 53.2 cm³/mol. The fraction of sp³-hybridized carbons (Fsp3) is 0.889. The van der Waals surface area contributed by atoms with Gasteiger partial charge in [-0.2, -0.15) is 0 Å². The summed E-state index contributed by atoms with van der Waals surface area (Å²) in [6.07, 6.45) is 0.275. The van der Waals surface area contributed by atoms with E-state index in [4.69, 9.17) is 5.53 Å². The van der Waals surface area contributed by atoms with Crippen LogP contribution in [0.5, 0.6) is 0 Å². The third-order valence-electron chi connectivity index (χ3n) is 1.99. The first kappa shape index (κ1) is 13.6. The second kappa shape index (κ2) is 6.14. The lowest BCUT2D eigenvalue weighted by atomic mass is 10.1. The monoisotopic (exact) mass is 214 g/mol. The number of carbonyl (C=O) groups is 1. The Morgan fingerprint density at radius 3 is 2.47 bits per heavy atom. The van der Waals surface area contributed by atoms with Crippen molar-refractivity contribution in [2.75, 3.05) is 13.1 Å². The Bertz CT molecular complexity index is 253. The maximum Gasteiger partial charge on any atom is 0.214 e. The first-order chi connectivity index (χ1) is 6.89. The minimum atomic E-state index is -1.15. The number of amides is 1. The number of rotatable bonds is 5. The molecule has 0 unspecified atom stereocenters. The Morgan fingerprint density at radius 1 is 1.47 bits per heavy atom. The SMILES string of the molecule is CC(C)(C)N(CCCCN=[N+]=N)C(=O)[O-]. The van der Waals surface area contributed by atoms with Gasteiger partial charge in [0.05, 0.1) is 0 Å². The summed E-state index contributed by atoms with van der Waals surface area (Å²) in [6, 6.07) is 0. The Balaban J connectivity index is 3.99. The van der Waals surface area contributed by atoms with E-state index < -0.39 is 11.6 Å². The van der Waals surface area contributed by atoms with Crippen LogP contribution in [-0.4, -0.2) is 29.6 Å². The van der Waals surface area contributed by atoms with E-state index in [1.165, 1.54) is 4.90 Å². The molecular formula is C9H18N4O2. The summed E-state index contributed by atoms with van der Waals surface area (Å²) in [4.78, 5) is 15.0. The van der Waals surface area contributed by atoms with Gasteiger partial charge in [-0.3, -0.25) is 0 Å². The molecule has 0 atom stereocenters. The van der Waals surface area contributed by atoms with E-state index in [1.807, 2.05) is 20.8 Å². The zero-order valence-electron chi connectivity index (χ0n) is 9.49. The van der Waals surface area contributed by atoms with Crippen LogP contribution in [-0.2, 0) is 0 Å². The molecule has 0 heterocycles. The topological polar surface area (TPSA) is 93.7 Å². The van der Waals surface area contributed by atoms with Crippen LogP contribution in [0.15, 0.2) is 5.11 Å². The molecule has 0 aromatic rings. The number of nitrogens with one attached hydrogen (secondary N) is 1. The molecule has 0 saturated carbocycles. The van der Waals surface area contributed by atoms with E-state index in [0.717, 1.165) is 6.42 Å². The van der Waals surface area contributed by atoms with E-state index in [1.54, 1.807) is 0 Å². The van der Waals surface area contributed by atoms with Crippen molar-refractivity contribution in [2.45, 2.75) is 39.2 Å². The van der Waals surface area contributed by atoms with Crippen LogP contribution in [0.4, 0.5) is 4.79 Å². The summed E-state index contributed by atoms with van der Waals surface area (Å²) in [5.74, 6) is 0. The molecule has 0 aliphatic carbocycles. The normalized spacial score (nSPS) is 10.6. The van der Waals surface area contributed by atoms with Crippen molar-refractivity contribution in [3.05, 3.63) is 0 Å². The summed E-state index contributed by atoms with van der Waals surface area (Å²) in [6.45, 7) is 6.37. The Labute approximate surface area is 89.5 Å². The molecule has 0 aliphatic heterocycles. The van der Waals surface area contributed by atoms with Crippen LogP contribution in [0.3, 0.4) is 0 Å². The highest BCUT2D eigenvalue weighted by molar-refractivity contribution is 5.63. The average Bonchev–Trinajstić information content (AvgIpc) is 2.08. The summed E-state index contributed by atoms with van der Waals surface area (Å²) in [5, 5.41) is 14.3. The van der Waals surface area contributed by atoms with Crippen LogP contribution in [0.25, 0.3) is 0 Å². The molecule has 0 bridgehead atoms. The van der Waals surface area contributed by atoms with Gasteiger partial charge in [-0.1, -0.05) is 0 Å². The van der Waals surface area contributed by atoms with Crippen molar-refractivity contribution >= 4 is 6.09 Å². The number of carboxylic acid groups (broad SMARTS) is 1. The molecule has 0 fully saturated rings. The van der Waals surface area contributed by atoms with Gasteiger partial charge in [-0.25, -0.2) is 0 Å². The number of carbonyl (C=O) groups excluding carboxylic acids is 1. The molecule has 0 aliphatic rings. The van der Waals surface area contributed by atoms with Crippen LogP contribution < -0.4 is 10.0 Å². The van der Waals surface area contributed by atoms with Gasteiger partial charge < -0.3 is 14.8 Å². The van der Waals surface area contributed by atoms with Crippen molar-refractivity contribution in [3.8, 4) is 0 Å². The second-order valence-electron chi connectivity index (χ2n) is 4.26. The van der Waals surface area contributed by atoms with Crippen LogP contribution in [0, 0.1) is 5.53 Å². The van der Waals surface area contributed by atoms with Gasteiger partial charge in [0.1, 0.15) is 23.3 Å². The quantitative estimate of drug-likeness (QED) is 0.415. The van der Waals surface area contributed by atoms with Crippen molar-refractivity contribution in [2.24, 2.45) is 5.11 Å². The van der Waals surface area contributed by atoms with Gasteiger partial charge in [0.2, 0.25) is 4.91 Å². The van der Waals surface area contributed by atoms with Crippen molar-refractivity contribution in [1.29, 1.82) is 5.53 Å². The molecule has 86 valence electrons. The standard InChI is InChI=1S/C9H18N4O2/c1-9(2,3)13(8(14)15)7-5-4-6-11-12-10/h10H,4-7H2,1-3H3. The number of unbranched alkanes of at least 4 members (excludes halogenated alkanes) is 1. The number of hydrogen-bond donors (Lipinski definition) is 1. The van der Waals surface area contributed by atoms with Gasteiger partial charge >= 0.3 is 0 Å². The highest BCUT2D eigenvalue weighted by Crippen LogP contribution is 2.13. The van der Waals surface area contributed by atoms with Gasteiger partial charge in [0.15, 0.2) is 0 Å². The molecule has 0 aromatic carbocycles. The zero-order chi connectivity index (χ0) is 11.9. The Kier molecular flexibility index (Phi) is 5.56. The molecule has 0 rings (SSSR count). The molecule has 0 spiro atoms. The second-order valence-corrected chi connectivity index (χ2v) is 4.26. The van der Waals surface area contributed by atoms with Gasteiger partial charge in [-0.05, 0) is 33.6 Å². The third-order valence-corrected chi connectivity index (χ3v) is 1.99. The molecule has 1 amide bonds. The summed E-state index contributed by atoms with van der Waals surface area (Å²) in [7, 11) is 0. The number of hydrogen-bond acceptors (Lipinski definition) is 4. The molecule has 15 heavy (non-hydrogen) atoms. The summed E-state index contributed by atoms with van der Waals surface area (Å²) < 4.78 is 0. The van der Waals surface area contributed by atoms with E-state index in [2.05, 4.69) is 10.0 Å². The van der Waals surface area contributed by atoms with Gasteiger partial charge in [0, 0.05) is 12.1 Å². The zero-order valence-corrected chi connectivity index (χ0v) is 9.49. The number of nitrogens with zero attached hydrogens (tertiary/aromatic N) is 3. The van der Waals surface area contributed by atoms with E-state index in [-0.39, 0.29) is 0 Å². The van der Waals surface area contributed by atoms with Crippen LogP contribution in [0.2, 0.25) is 0 Å². The average molecular weight is 214 g/mol. The maximum atomic E-state index is 10.8. The minimum absolute atomic E-state index is 0.430. The summed E-state index contributed by atoms with van der Waals surface area (Å²) >= 11 is 0. The molecule has 0 saturated heterocycles. The summed E-state index contributed by atoms with van der Waals surface area (Å²) in [5.41, 5.74) is 6.00. The van der Waals surface area contributed by atoms with Crippen molar-refractivity contribution in [1.82, 2.24) is 9.81 Å². The van der Waals surface area contributed by atoms with Gasteiger partial charge in [-0.15, -0.1) is 0 Å². The first-order valence-electron chi connectivity index (χ1n) is 4.91. The van der Waals surface area contributed by atoms with Gasteiger partial charge in [0.25, 0.3) is 0 Å². The smallest absolute Gasteiger partial charge is 0.214 e. The lowest BCUT2D eigenvalue weighted by Crippen LogP contribution is -2.51. The van der Waals surface area contributed by atoms with E-state index in [9.17, 15) is 9.90 Å². The van der Waals surface area contributed by atoms with Crippen LogP contribution in [0.1, 0.15) is 33.6 Å². The lowest BCUT2D eigenvalue weighted by Gasteiger charge is -2.37. The fourth-order valence-corrected chi connectivity index (χ4v) is 1.20. The molecule has 0 radical (unpaired) electrons. The first-order valence-corrected chi connectivity index (χ1v) is 4.91. The predicted octanol–water partition coefficient (Wildman–Crippen LogP) is 0.761. The lowest BCUT2D eigenvalue weighted by molar-refractivity contribution is -0.270. The molecule has 6 heteroatoms. The van der Waals surface area contributed by atoms with E-state index >= 15 is 0 Å². The molecule has 1 N–H and O–H groups in total. The highest BCUT2D eigenvalue weighted by Gasteiger charge is 2.20. The fourth-order valence-electron chi connectivity index (χ4n) is 1.20. The van der Waals surface area contributed by atoms with Crippen LogP contribution >= 0.6 is 0 Å². The Hall–Kier alpha value is -1.42. The van der Waals surface area contributed by atoms with Crippen molar-refractivity contribution in [3.63, 3.8) is 0 Å². The molecular weight excluding hydrogens is 196 g/mol. The highest BCUT2D eigenvalue weighted by atomic mass is 16.4.